The normalized spacial score (nSPS) is 14.8. The first-order valence-electron chi connectivity index (χ1n) is 12.5. The van der Waals surface area contributed by atoms with Gasteiger partial charge in [-0.1, -0.05) is 83.2 Å². The summed E-state index contributed by atoms with van der Waals surface area (Å²) in [5.41, 5.74) is 4.73. The molecular formula is C30H26N4O4. The van der Waals surface area contributed by atoms with Crippen LogP contribution < -0.4 is 0 Å². The summed E-state index contributed by atoms with van der Waals surface area (Å²) in [5, 5.41) is 34.0. The number of hydrogen-bond donors (Lipinski definition) is 2. The number of hydrogen-bond acceptors (Lipinski definition) is 6. The zero-order valence-corrected chi connectivity index (χ0v) is 20.8. The predicted molar refractivity (Wildman–Crippen MR) is 140 cm³/mol. The fourth-order valence-corrected chi connectivity index (χ4v) is 4.98. The number of aliphatic carboxylic acids is 1. The van der Waals surface area contributed by atoms with E-state index in [1.165, 1.54) is 0 Å². The molecule has 1 unspecified atom stereocenters. The van der Waals surface area contributed by atoms with Crippen molar-refractivity contribution in [1.29, 1.82) is 0 Å². The van der Waals surface area contributed by atoms with Crippen molar-refractivity contribution in [2.45, 2.75) is 37.8 Å². The van der Waals surface area contributed by atoms with Gasteiger partial charge in [0.05, 0.1) is 29.4 Å². The summed E-state index contributed by atoms with van der Waals surface area (Å²) >= 11 is 0. The van der Waals surface area contributed by atoms with Crippen LogP contribution in [0.1, 0.15) is 47.0 Å². The molecule has 1 atom stereocenters. The summed E-state index contributed by atoms with van der Waals surface area (Å²) in [6.45, 7) is 2.29. The Labute approximate surface area is 219 Å². The van der Waals surface area contributed by atoms with Crippen LogP contribution in [0.25, 0.3) is 22.5 Å². The Morgan fingerprint density at radius 3 is 2.42 bits per heavy atom. The summed E-state index contributed by atoms with van der Waals surface area (Å²) in [6, 6.07) is 25.3. The van der Waals surface area contributed by atoms with Gasteiger partial charge < -0.3 is 14.7 Å². The molecule has 0 bridgehead atoms. The Kier molecular flexibility index (Phi) is 5.88. The number of carboxylic acid groups (broad SMARTS) is 1. The van der Waals surface area contributed by atoms with E-state index in [-0.39, 0.29) is 0 Å². The van der Waals surface area contributed by atoms with E-state index in [0.29, 0.717) is 53.2 Å². The highest BCUT2D eigenvalue weighted by Crippen LogP contribution is 2.50. The van der Waals surface area contributed by atoms with E-state index in [0.717, 1.165) is 16.7 Å². The van der Waals surface area contributed by atoms with Gasteiger partial charge in [-0.2, -0.15) is 0 Å². The van der Waals surface area contributed by atoms with Crippen LogP contribution in [-0.4, -0.2) is 36.3 Å². The maximum Gasteiger partial charge on any atom is 0.314 e. The summed E-state index contributed by atoms with van der Waals surface area (Å²) in [6.07, 6.45) is 1.75. The summed E-state index contributed by atoms with van der Waals surface area (Å²) in [5.74, 6) is -0.450. The highest BCUT2D eigenvalue weighted by Gasteiger charge is 2.52. The van der Waals surface area contributed by atoms with Gasteiger partial charge >= 0.3 is 5.97 Å². The Morgan fingerprint density at radius 1 is 1.03 bits per heavy atom. The lowest BCUT2D eigenvalue weighted by atomic mass is 9.88. The van der Waals surface area contributed by atoms with E-state index in [4.69, 9.17) is 4.52 Å². The molecule has 8 nitrogen and oxygen atoms in total. The molecule has 2 heterocycles. The van der Waals surface area contributed by atoms with Gasteiger partial charge in [0.2, 0.25) is 0 Å². The van der Waals surface area contributed by atoms with Crippen LogP contribution in [0.2, 0.25) is 0 Å². The molecule has 190 valence electrons. The number of aromatic nitrogens is 4. The molecule has 8 heteroatoms. The standard InChI is InChI=1S/C30H26N4O4/c1-19-26(27(35)25-18-34(33-31-25)17-20-8-4-2-5-9-20)28(38-32-19)24-16-22(30(14-15-30)29(36)37)12-13-23(24)21-10-6-3-7-11-21/h2-13,16,18,27,35H,14-15,17H2,1H3,(H,36,37). The molecule has 3 aromatic carbocycles. The zero-order chi connectivity index (χ0) is 26.3. The molecule has 2 N–H and O–H groups in total. The Balaban J connectivity index is 1.43. The molecule has 6 rings (SSSR count). The number of carboxylic acids is 1. The first kappa shape index (κ1) is 23.8. The monoisotopic (exact) mass is 506 g/mol. The topological polar surface area (TPSA) is 114 Å². The maximum atomic E-state index is 12.1. The maximum absolute atomic E-state index is 12.1. The second-order valence-corrected chi connectivity index (χ2v) is 9.75. The molecule has 1 saturated carbocycles. The van der Waals surface area contributed by atoms with Crippen LogP contribution in [0, 0.1) is 6.92 Å². The molecule has 0 amide bonds. The van der Waals surface area contributed by atoms with E-state index >= 15 is 0 Å². The number of aliphatic hydroxyl groups excluding tert-OH is 1. The van der Waals surface area contributed by atoms with E-state index in [1.807, 2.05) is 78.9 Å². The van der Waals surface area contributed by atoms with Crippen molar-refractivity contribution in [2.75, 3.05) is 0 Å². The molecule has 1 aliphatic rings. The van der Waals surface area contributed by atoms with Crippen molar-refractivity contribution >= 4 is 5.97 Å². The van der Waals surface area contributed by atoms with Crippen LogP contribution in [-0.2, 0) is 16.8 Å². The second-order valence-electron chi connectivity index (χ2n) is 9.75. The average molecular weight is 507 g/mol. The second kappa shape index (κ2) is 9.39. The van der Waals surface area contributed by atoms with Gasteiger partial charge in [0.25, 0.3) is 0 Å². The lowest BCUT2D eigenvalue weighted by Gasteiger charge is -2.16. The van der Waals surface area contributed by atoms with Crippen molar-refractivity contribution in [3.8, 4) is 22.5 Å². The van der Waals surface area contributed by atoms with Crippen LogP contribution >= 0.6 is 0 Å². The molecular weight excluding hydrogens is 480 g/mol. The fourth-order valence-electron chi connectivity index (χ4n) is 4.98. The number of rotatable bonds is 8. The van der Waals surface area contributed by atoms with Gasteiger partial charge in [-0.15, -0.1) is 5.10 Å². The van der Waals surface area contributed by atoms with Gasteiger partial charge in [-0.25, -0.2) is 4.68 Å². The van der Waals surface area contributed by atoms with E-state index < -0.39 is 17.5 Å². The van der Waals surface area contributed by atoms with Crippen molar-refractivity contribution in [3.63, 3.8) is 0 Å². The largest absolute Gasteiger partial charge is 0.481 e. The quantitative estimate of drug-likeness (QED) is 0.299. The van der Waals surface area contributed by atoms with Crippen LogP contribution in [0.15, 0.2) is 89.6 Å². The lowest BCUT2D eigenvalue weighted by molar-refractivity contribution is -0.140. The smallest absolute Gasteiger partial charge is 0.314 e. The third-order valence-electron chi connectivity index (χ3n) is 7.27. The number of benzene rings is 3. The first-order valence-corrected chi connectivity index (χ1v) is 12.5. The van der Waals surface area contributed by atoms with Gasteiger partial charge in [-0.3, -0.25) is 4.79 Å². The molecule has 5 aromatic rings. The minimum Gasteiger partial charge on any atom is -0.481 e. The lowest BCUT2D eigenvalue weighted by Crippen LogP contribution is -2.19. The van der Waals surface area contributed by atoms with Crippen LogP contribution in [0.5, 0.6) is 0 Å². The molecule has 1 fully saturated rings. The third-order valence-corrected chi connectivity index (χ3v) is 7.27. The van der Waals surface area contributed by atoms with Gasteiger partial charge in [0, 0.05) is 5.56 Å². The molecule has 2 aromatic heterocycles. The van der Waals surface area contributed by atoms with Crippen molar-refractivity contribution in [3.05, 3.63) is 113 Å². The highest BCUT2D eigenvalue weighted by molar-refractivity contribution is 5.88. The van der Waals surface area contributed by atoms with Crippen LogP contribution in [0.3, 0.4) is 0 Å². The predicted octanol–water partition coefficient (Wildman–Crippen LogP) is 5.15. The molecule has 38 heavy (non-hydrogen) atoms. The number of carbonyl (C=O) groups is 1. The zero-order valence-electron chi connectivity index (χ0n) is 20.8. The van der Waals surface area contributed by atoms with E-state index in [9.17, 15) is 15.0 Å². The van der Waals surface area contributed by atoms with Gasteiger partial charge in [0.1, 0.15) is 11.8 Å². The Hall–Kier alpha value is -4.56. The van der Waals surface area contributed by atoms with Crippen molar-refractivity contribution in [2.24, 2.45) is 0 Å². The SMILES string of the molecule is Cc1noc(-c2cc(C3(C(=O)O)CC3)ccc2-c2ccccc2)c1C(O)c1cn(Cc2ccccc2)nn1. The molecule has 0 radical (unpaired) electrons. The third kappa shape index (κ3) is 4.18. The Bertz CT molecular complexity index is 1600. The molecule has 0 spiro atoms. The van der Waals surface area contributed by atoms with Crippen molar-refractivity contribution < 1.29 is 19.5 Å². The average Bonchev–Trinajstić information content (AvgIpc) is 3.49. The molecule has 0 saturated heterocycles. The highest BCUT2D eigenvalue weighted by atomic mass is 16.5. The van der Waals surface area contributed by atoms with E-state index in [1.54, 1.807) is 17.8 Å². The molecule has 1 aliphatic carbocycles. The van der Waals surface area contributed by atoms with E-state index in [2.05, 4.69) is 15.5 Å². The number of nitrogens with zero attached hydrogens (tertiary/aromatic N) is 4. The summed E-state index contributed by atoms with van der Waals surface area (Å²) in [7, 11) is 0. The van der Waals surface area contributed by atoms with Gasteiger partial charge in [0.15, 0.2) is 5.76 Å². The minimum atomic E-state index is -1.14. The van der Waals surface area contributed by atoms with Crippen LogP contribution in [0.4, 0.5) is 0 Å². The fraction of sp³-hybridized carbons (Fsp3) is 0.200. The molecule has 0 aliphatic heterocycles. The van der Waals surface area contributed by atoms with Gasteiger partial charge in [-0.05, 0) is 48.1 Å². The number of aliphatic hydroxyl groups is 1. The number of aryl methyl sites for hydroxylation is 1. The summed E-state index contributed by atoms with van der Waals surface area (Å²) < 4.78 is 7.50. The van der Waals surface area contributed by atoms with Crippen molar-refractivity contribution in [1.82, 2.24) is 20.2 Å². The Morgan fingerprint density at radius 2 is 1.74 bits per heavy atom. The first-order chi connectivity index (χ1) is 18.5. The minimum absolute atomic E-state index is 0.370. The summed E-state index contributed by atoms with van der Waals surface area (Å²) in [4.78, 5) is 12.1.